The molecule has 0 aliphatic carbocycles. The third-order valence-corrected chi connectivity index (χ3v) is 3.26. The highest BCUT2D eigenvalue weighted by atomic mass is 32.1. The standard InChI is InChI=1S/C13H13F3N2S/c14-13(15,16)11-3-1-2-10(6-11)7-17-5-4-12-8-19-9-18-12/h1-3,6,8-9,17H,4-5,7H2. The van der Waals surface area contributed by atoms with E-state index in [4.69, 9.17) is 0 Å². The van der Waals surface area contributed by atoms with Crippen molar-refractivity contribution in [2.45, 2.75) is 19.1 Å². The maximum atomic E-state index is 12.5. The lowest BCUT2D eigenvalue weighted by Gasteiger charge is -2.09. The molecule has 0 aliphatic rings. The van der Waals surface area contributed by atoms with Crippen LogP contribution in [0.1, 0.15) is 16.8 Å². The quantitative estimate of drug-likeness (QED) is 0.851. The molecule has 0 radical (unpaired) electrons. The number of hydrogen-bond donors (Lipinski definition) is 1. The number of thiazole rings is 1. The number of hydrogen-bond acceptors (Lipinski definition) is 3. The van der Waals surface area contributed by atoms with Crippen molar-refractivity contribution < 1.29 is 13.2 Å². The molecule has 0 bridgehead atoms. The highest BCUT2D eigenvalue weighted by molar-refractivity contribution is 7.07. The van der Waals surface area contributed by atoms with E-state index in [2.05, 4.69) is 10.3 Å². The van der Waals surface area contributed by atoms with Crippen molar-refractivity contribution in [1.82, 2.24) is 10.3 Å². The van der Waals surface area contributed by atoms with Crippen molar-refractivity contribution in [2.75, 3.05) is 6.54 Å². The van der Waals surface area contributed by atoms with Crippen LogP contribution in [0.4, 0.5) is 13.2 Å². The summed E-state index contributed by atoms with van der Waals surface area (Å²) < 4.78 is 37.5. The summed E-state index contributed by atoms with van der Waals surface area (Å²) in [5, 5.41) is 5.08. The molecule has 1 aromatic carbocycles. The summed E-state index contributed by atoms with van der Waals surface area (Å²) >= 11 is 1.53. The fourth-order valence-corrected chi connectivity index (χ4v) is 2.26. The summed E-state index contributed by atoms with van der Waals surface area (Å²) in [7, 11) is 0. The average Bonchev–Trinajstić information content (AvgIpc) is 2.87. The largest absolute Gasteiger partial charge is 0.416 e. The Morgan fingerprint density at radius 2 is 2.11 bits per heavy atom. The molecule has 0 aliphatic heterocycles. The van der Waals surface area contributed by atoms with E-state index in [1.165, 1.54) is 23.5 Å². The molecule has 102 valence electrons. The molecule has 1 heterocycles. The first-order valence-electron chi connectivity index (χ1n) is 5.79. The number of halogens is 3. The summed E-state index contributed by atoms with van der Waals surface area (Å²) in [5.41, 5.74) is 2.79. The normalized spacial score (nSPS) is 11.7. The van der Waals surface area contributed by atoms with Crippen LogP contribution in [-0.4, -0.2) is 11.5 Å². The van der Waals surface area contributed by atoms with Gasteiger partial charge in [0.1, 0.15) is 0 Å². The monoisotopic (exact) mass is 286 g/mol. The Morgan fingerprint density at radius 1 is 1.26 bits per heavy atom. The number of nitrogens with zero attached hydrogens (tertiary/aromatic N) is 1. The SMILES string of the molecule is FC(F)(F)c1cccc(CNCCc2cscn2)c1. The highest BCUT2D eigenvalue weighted by Gasteiger charge is 2.30. The zero-order chi connectivity index (χ0) is 13.7. The Morgan fingerprint density at radius 3 is 2.79 bits per heavy atom. The second-order valence-electron chi connectivity index (χ2n) is 4.10. The van der Waals surface area contributed by atoms with E-state index in [-0.39, 0.29) is 0 Å². The van der Waals surface area contributed by atoms with Gasteiger partial charge in [0.15, 0.2) is 0 Å². The predicted octanol–water partition coefficient (Wildman–Crippen LogP) is 3.49. The van der Waals surface area contributed by atoms with Crippen LogP contribution in [0.2, 0.25) is 0 Å². The van der Waals surface area contributed by atoms with Gasteiger partial charge in [-0.2, -0.15) is 13.2 Å². The van der Waals surface area contributed by atoms with Crippen LogP contribution in [0.5, 0.6) is 0 Å². The van der Waals surface area contributed by atoms with Crippen LogP contribution >= 0.6 is 11.3 Å². The van der Waals surface area contributed by atoms with Gasteiger partial charge in [-0.3, -0.25) is 0 Å². The summed E-state index contributed by atoms with van der Waals surface area (Å²) in [6, 6.07) is 5.37. The lowest BCUT2D eigenvalue weighted by atomic mass is 10.1. The van der Waals surface area contributed by atoms with Gasteiger partial charge >= 0.3 is 6.18 Å². The van der Waals surface area contributed by atoms with Crippen molar-refractivity contribution in [1.29, 1.82) is 0 Å². The van der Waals surface area contributed by atoms with E-state index < -0.39 is 11.7 Å². The van der Waals surface area contributed by atoms with Crippen molar-refractivity contribution in [2.24, 2.45) is 0 Å². The molecule has 0 atom stereocenters. The van der Waals surface area contributed by atoms with Gasteiger partial charge in [0.25, 0.3) is 0 Å². The van der Waals surface area contributed by atoms with Crippen LogP contribution in [0, 0.1) is 0 Å². The number of rotatable bonds is 5. The first kappa shape index (κ1) is 14.0. The van der Waals surface area contributed by atoms with Crippen LogP contribution in [0.25, 0.3) is 0 Å². The Hall–Kier alpha value is -1.40. The molecule has 1 N–H and O–H groups in total. The van der Waals surface area contributed by atoms with E-state index in [0.29, 0.717) is 18.7 Å². The number of aromatic nitrogens is 1. The lowest BCUT2D eigenvalue weighted by Crippen LogP contribution is -2.17. The lowest BCUT2D eigenvalue weighted by molar-refractivity contribution is -0.137. The van der Waals surface area contributed by atoms with E-state index in [9.17, 15) is 13.2 Å². The summed E-state index contributed by atoms with van der Waals surface area (Å²) in [4.78, 5) is 4.14. The molecule has 0 fully saturated rings. The maximum Gasteiger partial charge on any atom is 0.416 e. The zero-order valence-electron chi connectivity index (χ0n) is 10.1. The molecular weight excluding hydrogens is 273 g/mol. The van der Waals surface area contributed by atoms with Crippen molar-refractivity contribution in [3.63, 3.8) is 0 Å². The summed E-state index contributed by atoms with van der Waals surface area (Å²) in [6.07, 6.45) is -3.50. The van der Waals surface area contributed by atoms with Gasteiger partial charge in [0, 0.05) is 24.9 Å². The molecule has 0 unspecified atom stereocenters. The molecule has 19 heavy (non-hydrogen) atoms. The minimum Gasteiger partial charge on any atom is -0.312 e. The predicted molar refractivity (Wildman–Crippen MR) is 69.0 cm³/mol. The average molecular weight is 286 g/mol. The first-order chi connectivity index (χ1) is 9.05. The second kappa shape index (κ2) is 6.16. The maximum absolute atomic E-state index is 12.5. The minimum absolute atomic E-state index is 0.425. The number of benzene rings is 1. The van der Waals surface area contributed by atoms with Gasteiger partial charge in [0.05, 0.1) is 16.8 Å². The van der Waals surface area contributed by atoms with Crippen LogP contribution in [-0.2, 0) is 19.1 Å². The Balaban J connectivity index is 1.83. The molecule has 0 amide bonds. The van der Waals surface area contributed by atoms with Gasteiger partial charge in [-0.05, 0) is 11.6 Å². The second-order valence-corrected chi connectivity index (χ2v) is 4.82. The molecule has 0 saturated heterocycles. The van der Waals surface area contributed by atoms with Crippen LogP contribution < -0.4 is 5.32 Å². The van der Waals surface area contributed by atoms with Crippen molar-refractivity contribution in [3.8, 4) is 0 Å². The Labute approximate surface area is 113 Å². The van der Waals surface area contributed by atoms with E-state index in [1.807, 2.05) is 5.38 Å². The molecule has 2 nitrogen and oxygen atoms in total. The molecular formula is C13H13F3N2S. The number of alkyl halides is 3. The molecule has 2 rings (SSSR count). The van der Waals surface area contributed by atoms with Gasteiger partial charge in [-0.15, -0.1) is 11.3 Å². The molecule has 1 aromatic heterocycles. The Kier molecular flexibility index (Phi) is 4.55. The molecule has 0 saturated carbocycles. The smallest absolute Gasteiger partial charge is 0.312 e. The first-order valence-corrected chi connectivity index (χ1v) is 6.74. The van der Waals surface area contributed by atoms with Gasteiger partial charge in [-0.1, -0.05) is 18.2 Å². The van der Waals surface area contributed by atoms with E-state index in [0.717, 1.165) is 18.2 Å². The third kappa shape index (κ3) is 4.33. The van der Waals surface area contributed by atoms with E-state index >= 15 is 0 Å². The Bertz CT molecular complexity index is 509. The highest BCUT2D eigenvalue weighted by Crippen LogP contribution is 2.29. The van der Waals surface area contributed by atoms with Crippen molar-refractivity contribution >= 4 is 11.3 Å². The molecule has 6 heteroatoms. The molecule has 2 aromatic rings. The third-order valence-electron chi connectivity index (χ3n) is 2.62. The molecule has 0 spiro atoms. The summed E-state index contributed by atoms with van der Waals surface area (Å²) in [5.74, 6) is 0. The van der Waals surface area contributed by atoms with Gasteiger partial charge < -0.3 is 5.32 Å². The fourth-order valence-electron chi connectivity index (χ4n) is 1.67. The minimum atomic E-state index is -4.28. The number of nitrogens with one attached hydrogen (secondary N) is 1. The van der Waals surface area contributed by atoms with Gasteiger partial charge in [-0.25, -0.2) is 4.98 Å². The van der Waals surface area contributed by atoms with E-state index in [1.54, 1.807) is 11.6 Å². The zero-order valence-corrected chi connectivity index (χ0v) is 10.9. The van der Waals surface area contributed by atoms with Crippen LogP contribution in [0.3, 0.4) is 0 Å². The van der Waals surface area contributed by atoms with Crippen LogP contribution in [0.15, 0.2) is 35.2 Å². The summed E-state index contributed by atoms with van der Waals surface area (Å²) in [6.45, 7) is 1.12. The van der Waals surface area contributed by atoms with Gasteiger partial charge in [0.2, 0.25) is 0 Å². The fraction of sp³-hybridized carbons (Fsp3) is 0.308. The van der Waals surface area contributed by atoms with Crippen molar-refractivity contribution in [3.05, 3.63) is 52.0 Å². The topological polar surface area (TPSA) is 24.9 Å².